The second-order valence-corrected chi connectivity index (χ2v) is 8.05. The number of nitrogen functional groups attached to an aromatic ring is 1. The van der Waals surface area contributed by atoms with Crippen molar-refractivity contribution in [3.8, 4) is 0 Å². The van der Waals surface area contributed by atoms with Crippen LogP contribution in [0.1, 0.15) is 29.8 Å². The highest BCUT2D eigenvalue weighted by Gasteiger charge is 2.35. The molecule has 3 rings (SSSR count). The normalized spacial score (nSPS) is 19.4. The van der Waals surface area contributed by atoms with Crippen molar-refractivity contribution in [2.75, 3.05) is 12.3 Å². The average molecular weight is 322 g/mol. The van der Waals surface area contributed by atoms with Crippen molar-refractivity contribution in [2.45, 2.75) is 30.7 Å². The minimum Gasteiger partial charge on any atom is -0.399 e. The molecule has 112 valence electrons. The molecule has 0 spiro atoms. The Kier molecular flexibility index (Phi) is 3.77. The summed E-state index contributed by atoms with van der Waals surface area (Å²) >= 11 is 1.71. The highest BCUT2D eigenvalue weighted by molar-refractivity contribution is 7.89. The van der Waals surface area contributed by atoms with Crippen LogP contribution in [0.2, 0.25) is 0 Å². The first-order valence-corrected chi connectivity index (χ1v) is 9.29. The van der Waals surface area contributed by atoms with E-state index in [-0.39, 0.29) is 10.9 Å². The van der Waals surface area contributed by atoms with E-state index >= 15 is 0 Å². The maximum atomic E-state index is 12.9. The van der Waals surface area contributed by atoms with Gasteiger partial charge >= 0.3 is 0 Å². The van der Waals surface area contributed by atoms with Crippen LogP contribution in [0.3, 0.4) is 0 Å². The molecule has 21 heavy (non-hydrogen) atoms. The SMILES string of the molecule is CCC1c2ccsc2CCN1S(=O)(=O)c1cccc(N)c1. The molecule has 4 nitrogen and oxygen atoms in total. The highest BCUT2D eigenvalue weighted by Crippen LogP contribution is 2.38. The van der Waals surface area contributed by atoms with Gasteiger partial charge in [-0.3, -0.25) is 0 Å². The molecule has 0 aliphatic carbocycles. The zero-order valence-corrected chi connectivity index (χ0v) is 13.5. The van der Waals surface area contributed by atoms with E-state index in [1.807, 2.05) is 12.3 Å². The molecular weight excluding hydrogens is 304 g/mol. The summed E-state index contributed by atoms with van der Waals surface area (Å²) in [7, 11) is -3.51. The Hall–Kier alpha value is -1.37. The fourth-order valence-corrected chi connectivity index (χ4v) is 5.56. The fourth-order valence-electron chi connectivity index (χ4n) is 2.89. The van der Waals surface area contributed by atoms with E-state index in [0.29, 0.717) is 12.2 Å². The molecule has 1 aromatic carbocycles. The van der Waals surface area contributed by atoms with Crippen LogP contribution < -0.4 is 5.73 Å². The quantitative estimate of drug-likeness (QED) is 0.884. The minimum absolute atomic E-state index is 0.0774. The zero-order chi connectivity index (χ0) is 15.0. The number of thiophene rings is 1. The predicted molar refractivity (Wildman–Crippen MR) is 85.8 cm³/mol. The summed E-state index contributed by atoms with van der Waals surface area (Å²) in [6, 6.07) is 8.50. The molecule has 0 saturated carbocycles. The van der Waals surface area contributed by atoms with Gasteiger partial charge in [-0.2, -0.15) is 4.31 Å². The van der Waals surface area contributed by atoms with Gasteiger partial charge in [-0.05, 0) is 48.1 Å². The molecule has 2 aromatic rings. The van der Waals surface area contributed by atoms with Crippen molar-refractivity contribution in [1.82, 2.24) is 4.31 Å². The molecule has 1 aliphatic heterocycles. The molecule has 0 saturated heterocycles. The summed E-state index contributed by atoms with van der Waals surface area (Å²) in [5.41, 5.74) is 7.35. The Balaban J connectivity index is 2.03. The van der Waals surface area contributed by atoms with E-state index in [1.54, 1.807) is 33.8 Å². The van der Waals surface area contributed by atoms with Crippen LogP contribution in [0.5, 0.6) is 0 Å². The summed E-state index contributed by atoms with van der Waals surface area (Å²) in [4.78, 5) is 1.58. The minimum atomic E-state index is -3.51. The maximum Gasteiger partial charge on any atom is 0.243 e. The number of fused-ring (bicyclic) bond motifs is 1. The number of nitrogens with zero attached hydrogens (tertiary/aromatic N) is 1. The molecule has 2 heterocycles. The van der Waals surface area contributed by atoms with E-state index in [0.717, 1.165) is 18.4 Å². The molecular formula is C15H18N2O2S2. The third-order valence-corrected chi connectivity index (χ3v) is 6.80. The third-order valence-electron chi connectivity index (χ3n) is 3.90. The van der Waals surface area contributed by atoms with Crippen molar-refractivity contribution in [2.24, 2.45) is 0 Å². The van der Waals surface area contributed by atoms with E-state index in [9.17, 15) is 8.42 Å². The Morgan fingerprint density at radius 3 is 2.90 bits per heavy atom. The van der Waals surface area contributed by atoms with Crippen LogP contribution in [0.25, 0.3) is 0 Å². The van der Waals surface area contributed by atoms with Gasteiger partial charge in [0.05, 0.1) is 10.9 Å². The Bertz CT molecular complexity index is 753. The number of benzene rings is 1. The lowest BCUT2D eigenvalue weighted by Gasteiger charge is -2.34. The van der Waals surface area contributed by atoms with E-state index in [1.165, 1.54) is 10.9 Å². The molecule has 1 aliphatic rings. The van der Waals surface area contributed by atoms with Gasteiger partial charge in [0.15, 0.2) is 0 Å². The second-order valence-electron chi connectivity index (χ2n) is 5.16. The van der Waals surface area contributed by atoms with Gasteiger partial charge in [0.1, 0.15) is 0 Å². The first-order chi connectivity index (χ1) is 10.0. The van der Waals surface area contributed by atoms with Gasteiger partial charge in [0.25, 0.3) is 0 Å². The smallest absolute Gasteiger partial charge is 0.243 e. The largest absolute Gasteiger partial charge is 0.399 e. The van der Waals surface area contributed by atoms with E-state index < -0.39 is 10.0 Å². The molecule has 1 atom stereocenters. The molecule has 0 radical (unpaired) electrons. The van der Waals surface area contributed by atoms with Crippen LogP contribution in [-0.4, -0.2) is 19.3 Å². The van der Waals surface area contributed by atoms with Gasteiger partial charge in [-0.1, -0.05) is 13.0 Å². The Morgan fingerprint density at radius 2 is 2.19 bits per heavy atom. The lowest BCUT2D eigenvalue weighted by atomic mass is 10.0. The molecule has 6 heteroatoms. The lowest BCUT2D eigenvalue weighted by Crippen LogP contribution is -2.39. The van der Waals surface area contributed by atoms with Crippen molar-refractivity contribution >= 4 is 27.0 Å². The molecule has 0 bridgehead atoms. The van der Waals surface area contributed by atoms with Gasteiger partial charge in [-0.25, -0.2) is 8.42 Å². The molecule has 2 N–H and O–H groups in total. The average Bonchev–Trinajstić information content (AvgIpc) is 2.94. The second kappa shape index (κ2) is 5.44. The number of hydrogen-bond acceptors (Lipinski definition) is 4. The first-order valence-electron chi connectivity index (χ1n) is 6.97. The summed E-state index contributed by atoms with van der Waals surface area (Å²) in [6.45, 7) is 2.56. The fraction of sp³-hybridized carbons (Fsp3) is 0.333. The summed E-state index contributed by atoms with van der Waals surface area (Å²) in [5, 5.41) is 2.05. The van der Waals surface area contributed by atoms with Gasteiger partial charge in [-0.15, -0.1) is 11.3 Å². The monoisotopic (exact) mass is 322 g/mol. The number of rotatable bonds is 3. The summed E-state index contributed by atoms with van der Waals surface area (Å²) in [6.07, 6.45) is 1.55. The molecule has 0 fully saturated rings. The first kappa shape index (κ1) is 14.6. The standard InChI is InChI=1S/C15H18N2O2S2/c1-2-14-13-7-9-20-15(13)6-8-17(14)21(18,19)12-5-3-4-11(16)10-12/h3-5,7,9-10,14H,2,6,8,16H2,1H3. The van der Waals surface area contributed by atoms with Crippen LogP contribution in [0.4, 0.5) is 5.69 Å². The number of nitrogens with two attached hydrogens (primary N) is 1. The molecule has 1 aromatic heterocycles. The number of anilines is 1. The third kappa shape index (κ3) is 2.47. The van der Waals surface area contributed by atoms with Gasteiger partial charge in [0, 0.05) is 17.1 Å². The van der Waals surface area contributed by atoms with Crippen LogP contribution >= 0.6 is 11.3 Å². The van der Waals surface area contributed by atoms with Crippen LogP contribution in [-0.2, 0) is 16.4 Å². The number of hydrogen-bond donors (Lipinski definition) is 1. The van der Waals surface area contributed by atoms with Crippen molar-refractivity contribution < 1.29 is 8.42 Å². The molecule has 0 amide bonds. The predicted octanol–water partition coefficient (Wildman–Crippen LogP) is 3.03. The van der Waals surface area contributed by atoms with E-state index in [2.05, 4.69) is 6.07 Å². The van der Waals surface area contributed by atoms with Gasteiger partial charge in [0.2, 0.25) is 10.0 Å². The lowest BCUT2D eigenvalue weighted by molar-refractivity contribution is 0.303. The Labute approximate surface area is 129 Å². The molecule has 1 unspecified atom stereocenters. The zero-order valence-electron chi connectivity index (χ0n) is 11.8. The number of sulfonamides is 1. The highest BCUT2D eigenvalue weighted by atomic mass is 32.2. The topological polar surface area (TPSA) is 63.4 Å². The van der Waals surface area contributed by atoms with Crippen molar-refractivity contribution in [3.63, 3.8) is 0 Å². The van der Waals surface area contributed by atoms with Crippen LogP contribution in [0, 0.1) is 0 Å². The summed E-state index contributed by atoms with van der Waals surface area (Å²) in [5.74, 6) is 0. The van der Waals surface area contributed by atoms with Crippen molar-refractivity contribution in [1.29, 1.82) is 0 Å². The van der Waals surface area contributed by atoms with Gasteiger partial charge < -0.3 is 5.73 Å². The maximum absolute atomic E-state index is 12.9. The van der Waals surface area contributed by atoms with Crippen LogP contribution in [0.15, 0.2) is 40.6 Å². The van der Waals surface area contributed by atoms with Crippen molar-refractivity contribution in [3.05, 3.63) is 46.2 Å². The summed E-state index contributed by atoms with van der Waals surface area (Å²) < 4.78 is 27.5. The van der Waals surface area contributed by atoms with E-state index in [4.69, 9.17) is 5.73 Å². The Morgan fingerprint density at radius 1 is 1.38 bits per heavy atom.